The van der Waals surface area contributed by atoms with Gasteiger partial charge >= 0.3 is 0 Å². The molecule has 5 nitrogen and oxygen atoms in total. The zero-order valence-corrected chi connectivity index (χ0v) is 14.2. The number of aromatic nitrogens is 2. The molecule has 24 heavy (non-hydrogen) atoms. The van der Waals surface area contributed by atoms with E-state index >= 15 is 0 Å². The van der Waals surface area contributed by atoms with E-state index in [0.29, 0.717) is 5.56 Å². The van der Waals surface area contributed by atoms with Gasteiger partial charge in [0, 0.05) is 37.2 Å². The van der Waals surface area contributed by atoms with Crippen molar-refractivity contribution in [3.05, 3.63) is 47.4 Å². The molecule has 0 bridgehead atoms. The van der Waals surface area contributed by atoms with Crippen molar-refractivity contribution in [2.45, 2.75) is 39.2 Å². The molecule has 1 aliphatic rings. The molecule has 5 heteroatoms. The minimum Gasteiger partial charge on any atom is -0.490 e. The fourth-order valence-corrected chi connectivity index (χ4v) is 3.17. The number of aryl methyl sites for hydroxylation is 1. The Morgan fingerprint density at radius 2 is 2.08 bits per heavy atom. The number of ether oxygens (including phenoxy) is 1. The molecule has 2 aromatic rings. The highest BCUT2D eigenvalue weighted by Gasteiger charge is 2.23. The molecule has 1 aliphatic heterocycles. The topological polar surface area (TPSA) is 62.0 Å². The molecule has 0 amide bonds. The monoisotopic (exact) mass is 322 g/mol. The van der Waals surface area contributed by atoms with Crippen LogP contribution in [0.3, 0.4) is 0 Å². The maximum absolute atomic E-state index is 8.97. The van der Waals surface area contributed by atoms with E-state index in [4.69, 9.17) is 10.00 Å². The van der Waals surface area contributed by atoms with E-state index in [-0.39, 0.29) is 6.10 Å². The minimum absolute atomic E-state index is 0.183. The van der Waals surface area contributed by atoms with Crippen LogP contribution < -0.4 is 9.64 Å². The number of piperidine rings is 1. The van der Waals surface area contributed by atoms with E-state index in [9.17, 15) is 0 Å². The number of anilines is 1. The normalized spacial score (nSPS) is 15.1. The lowest BCUT2D eigenvalue weighted by molar-refractivity contribution is 0.170. The van der Waals surface area contributed by atoms with E-state index in [1.54, 1.807) is 18.5 Å². The lowest BCUT2D eigenvalue weighted by atomic mass is 10.1. The molecule has 3 rings (SSSR count). The Kier molecular flexibility index (Phi) is 4.95. The summed E-state index contributed by atoms with van der Waals surface area (Å²) in [5.41, 5.74) is 2.93. The van der Waals surface area contributed by atoms with Crippen LogP contribution in [0.25, 0.3) is 0 Å². The maximum Gasteiger partial charge on any atom is 0.135 e. The van der Waals surface area contributed by atoms with Crippen LogP contribution in [0.5, 0.6) is 5.75 Å². The molecule has 1 fully saturated rings. The lowest BCUT2D eigenvalue weighted by Gasteiger charge is -2.33. The summed E-state index contributed by atoms with van der Waals surface area (Å²) in [6.07, 6.45) is 4.67. The van der Waals surface area contributed by atoms with E-state index in [2.05, 4.69) is 34.8 Å². The van der Waals surface area contributed by atoms with Gasteiger partial charge in [-0.2, -0.15) is 5.26 Å². The average molecular weight is 322 g/mol. The van der Waals surface area contributed by atoms with Crippen LogP contribution in [0.2, 0.25) is 0 Å². The molecular formula is C19H22N4O. The summed E-state index contributed by atoms with van der Waals surface area (Å²) in [6.45, 7) is 6.06. The average Bonchev–Trinajstić information content (AvgIpc) is 2.63. The molecule has 0 saturated carbocycles. The quantitative estimate of drug-likeness (QED) is 0.864. The van der Waals surface area contributed by atoms with Crippen molar-refractivity contribution in [1.29, 1.82) is 5.26 Å². The summed E-state index contributed by atoms with van der Waals surface area (Å²) in [5.74, 6) is 1.82. The number of rotatable bonds is 4. The van der Waals surface area contributed by atoms with Crippen molar-refractivity contribution in [3.8, 4) is 11.8 Å². The molecule has 0 radical (unpaired) electrons. The number of hydrogen-bond donors (Lipinski definition) is 0. The fourth-order valence-electron chi connectivity index (χ4n) is 3.17. The Hall–Kier alpha value is -2.61. The highest BCUT2D eigenvalue weighted by molar-refractivity contribution is 5.48. The van der Waals surface area contributed by atoms with Crippen molar-refractivity contribution >= 4 is 5.82 Å². The highest BCUT2D eigenvalue weighted by atomic mass is 16.5. The number of hydrogen-bond acceptors (Lipinski definition) is 5. The van der Waals surface area contributed by atoms with Gasteiger partial charge in [-0.25, -0.2) is 9.97 Å². The third-order valence-corrected chi connectivity index (χ3v) is 4.50. The zero-order valence-electron chi connectivity index (χ0n) is 14.2. The summed E-state index contributed by atoms with van der Waals surface area (Å²) in [4.78, 5) is 11.2. The van der Waals surface area contributed by atoms with Crippen molar-refractivity contribution in [2.24, 2.45) is 0 Å². The SMILES string of the molecule is CCc1ncnc(N2CCC(Oc3cccc(C#N)c3)CC2)c1C. The first kappa shape index (κ1) is 16.3. The summed E-state index contributed by atoms with van der Waals surface area (Å²) in [5, 5.41) is 8.97. The van der Waals surface area contributed by atoms with Gasteiger partial charge in [0.2, 0.25) is 0 Å². The molecule has 0 aliphatic carbocycles. The largest absolute Gasteiger partial charge is 0.490 e. The molecule has 2 heterocycles. The summed E-state index contributed by atoms with van der Waals surface area (Å²) in [6, 6.07) is 9.51. The summed E-state index contributed by atoms with van der Waals surface area (Å²) in [7, 11) is 0. The van der Waals surface area contributed by atoms with Crippen molar-refractivity contribution in [1.82, 2.24) is 9.97 Å². The summed E-state index contributed by atoms with van der Waals surface area (Å²) < 4.78 is 6.05. The fraction of sp³-hybridized carbons (Fsp3) is 0.421. The number of nitriles is 1. The van der Waals surface area contributed by atoms with Crippen molar-refractivity contribution in [3.63, 3.8) is 0 Å². The predicted molar refractivity (Wildman–Crippen MR) is 93.2 cm³/mol. The molecule has 0 spiro atoms. The van der Waals surface area contributed by atoms with Crippen LogP contribution >= 0.6 is 0 Å². The van der Waals surface area contributed by atoms with E-state index < -0.39 is 0 Å². The predicted octanol–water partition coefficient (Wildman–Crippen LogP) is 3.27. The lowest BCUT2D eigenvalue weighted by Crippen LogP contribution is -2.39. The van der Waals surface area contributed by atoms with E-state index in [1.807, 2.05) is 12.1 Å². The van der Waals surface area contributed by atoms with Gasteiger partial charge in [0.1, 0.15) is 24.0 Å². The van der Waals surface area contributed by atoms with Gasteiger partial charge in [0.15, 0.2) is 0 Å². The second kappa shape index (κ2) is 7.31. The second-order valence-electron chi connectivity index (χ2n) is 6.07. The van der Waals surface area contributed by atoms with Crippen molar-refractivity contribution in [2.75, 3.05) is 18.0 Å². The first-order chi connectivity index (χ1) is 11.7. The Labute approximate surface area is 142 Å². The first-order valence-electron chi connectivity index (χ1n) is 8.43. The zero-order chi connectivity index (χ0) is 16.9. The minimum atomic E-state index is 0.183. The highest BCUT2D eigenvalue weighted by Crippen LogP contribution is 2.25. The van der Waals surface area contributed by atoms with E-state index in [1.165, 1.54) is 5.56 Å². The van der Waals surface area contributed by atoms with Crippen LogP contribution in [-0.4, -0.2) is 29.2 Å². The summed E-state index contributed by atoms with van der Waals surface area (Å²) >= 11 is 0. The Bertz CT molecular complexity index is 745. The van der Waals surface area contributed by atoms with Crippen molar-refractivity contribution < 1.29 is 4.74 Å². The second-order valence-corrected chi connectivity index (χ2v) is 6.07. The van der Waals surface area contributed by atoms with Gasteiger partial charge in [0.25, 0.3) is 0 Å². The molecule has 0 atom stereocenters. The Morgan fingerprint density at radius 3 is 2.79 bits per heavy atom. The number of nitrogens with zero attached hydrogens (tertiary/aromatic N) is 4. The van der Waals surface area contributed by atoms with Gasteiger partial charge in [-0.15, -0.1) is 0 Å². The van der Waals surface area contributed by atoms with E-state index in [0.717, 1.165) is 49.6 Å². The Morgan fingerprint density at radius 1 is 1.29 bits per heavy atom. The van der Waals surface area contributed by atoms with Gasteiger partial charge in [0.05, 0.1) is 11.6 Å². The molecule has 0 unspecified atom stereocenters. The molecule has 0 N–H and O–H groups in total. The molecule has 1 saturated heterocycles. The maximum atomic E-state index is 8.97. The van der Waals surface area contributed by atoms with Gasteiger partial charge in [-0.05, 0) is 31.5 Å². The van der Waals surface area contributed by atoms with Crippen LogP contribution in [0.4, 0.5) is 5.82 Å². The third-order valence-electron chi connectivity index (χ3n) is 4.50. The van der Waals surface area contributed by atoms with Crippen LogP contribution in [-0.2, 0) is 6.42 Å². The third kappa shape index (κ3) is 3.48. The molecule has 1 aromatic carbocycles. The Balaban J connectivity index is 1.63. The molecular weight excluding hydrogens is 300 g/mol. The smallest absolute Gasteiger partial charge is 0.135 e. The van der Waals surface area contributed by atoms with Crippen LogP contribution in [0.1, 0.15) is 36.6 Å². The van der Waals surface area contributed by atoms with Crippen LogP contribution in [0, 0.1) is 18.3 Å². The van der Waals surface area contributed by atoms with Gasteiger partial charge < -0.3 is 9.64 Å². The van der Waals surface area contributed by atoms with Gasteiger partial charge in [-0.1, -0.05) is 13.0 Å². The molecule has 124 valence electrons. The number of benzene rings is 1. The standard InChI is InChI=1S/C19H22N4O/c1-3-18-14(2)19(22-13-21-18)23-9-7-16(8-10-23)24-17-6-4-5-15(11-17)12-20/h4-6,11,13,16H,3,7-10H2,1-2H3. The molecule has 1 aromatic heterocycles. The van der Waals surface area contributed by atoms with Crippen LogP contribution in [0.15, 0.2) is 30.6 Å². The first-order valence-corrected chi connectivity index (χ1v) is 8.43. The van der Waals surface area contributed by atoms with Gasteiger partial charge in [-0.3, -0.25) is 0 Å².